The molecule has 2 fully saturated rings. The first-order chi connectivity index (χ1) is 17.3. The number of pyridine rings is 1. The normalized spacial score (nSPS) is 25.9. The molecular weight excluding hydrogens is 464 g/mol. The van der Waals surface area contributed by atoms with E-state index in [2.05, 4.69) is 10.2 Å². The topological polar surface area (TPSA) is 110 Å². The molecule has 4 amide bonds. The van der Waals surface area contributed by atoms with Gasteiger partial charge in [-0.2, -0.15) is 0 Å². The van der Waals surface area contributed by atoms with E-state index in [0.717, 1.165) is 17.0 Å². The molecule has 2 saturated heterocycles. The Morgan fingerprint density at radius 2 is 1.83 bits per heavy atom. The Morgan fingerprint density at radius 3 is 2.58 bits per heavy atom. The highest BCUT2D eigenvalue weighted by Gasteiger charge is 2.54. The molecule has 5 rings (SSSR count). The summed E-state index contributed by atoms with van der Waals surface area (Å²) in [6.45, 7) is 2.02. The Hall–Kier alpha value is -3.66. The van der Waals surface area contributed by atoms with Crippen molar-refractivity contribution in [3.63, 3.8) is 0 Å². The molecule has 0 saturated carbocycles. The summed E-state index contributed by atoms with van der Waals surface area (Å²) >= 11 is 0. The molecule has 3 aliphatic rings. The van der Waals surface area contributed by atoms with Gasteiger partial charge >= 0.3 is 6.03 Å². The standard InChI is InChI=1S/C26H30N4O6/c1-28-24(33)26(23(32)27-25(28)34,11-17-7-8-19(35-2)10-21(17)36-3)15-29-12-16-9-18(14-29)20-5-4-6-22(31)30(20)13-16/h4-8,10,16,18H,9,11-15H2,1-3H3,(H,27,32,34)/t16-,18+,26+/m0/s1. The number of ether oxygens (including phenoxy) is 2. The van der Waals surface area contributed by atoms with Gasteiger partial charge in [0, 0.05) is 63.4 Å². The Morgan fingerprint density at radius 1 is 1.03 bits per heavy atom. The molecule has 4 heterocycles. The van der Waals surface area contributed by atoms with Gasteiger partial charge in [-0.3, -0.25) is 24.6 Å². The third-order valence-electron chi connectivity index (χ3n) is 7.71. The molecule has 3 aliphatic heterocycles. The number of hydrogen-bond acceptors (Lipinski definition) is 7. The second kappa shape index (κ2) is 9.09. The molecule has 0 radical (unpaired) electrons. The van der Waals surface area contributed by atoms with Crippen LogP contribution in [-0.2, 0) is 22.6 Å². The van der Waals surface area contributed by atoms with Crippen LogP contribution in [0.1, 0.15) is 23.6 Å². The van der Waals surface area contributed by atoms with Crippen LogP contribution in [-0.4, -0.2) is 73.1 Å². The average Bonchev–Trinajstić information content (AvgIpc) is 2.87. The van der Waals surface area contributed by atoms with Crippen LogP contribution in [0.2, 0.25) is 0 Å². The first-order valence-corrected chi connectivity index (χ1v) is 12.0. The summed E-state index contributed by atoms with van der Waals surface area (Å²) in [7, 11) is 4.46. The molecule has 2 bridgehead atoms. The average molecular weight is 495 g/mol. The van der Waals surface area contributed by atoms with Crippen molar-refractivity contribution >= 4 is 17.8 Å². The Labute approximate surface area is 208 Å². The first-order valence-electron chi connectivity index (χ1n) is 12.0. The number of urea groups is 1. The van der Waals surface area contributed by atoms with E-state index in [9.17, 15) is 19.2 Å². The third-order valence-corrected chi connectivity index (χ3v) is 7.71. The van der Waals surface area contributed by atoms with Crippen LogP contribution in [0.5, 0.6) is 11.5 Å². The van der Waals surface area contributed by atoms with E-state index in [1.165, 1.54) is 14.2 Å². The van der Waals surface area contributed by atoms with Gasteiger partial charge in [0.05, 0.1) is 14.2 Å². The SMILES string of the molecule is COc1ccc(C[C@@]2(CN3C[C@@H]4C[C@H](C3)c3cccc(=O)n3C4)C(=O)NC(=O)N(C)C2=O)c(OC)c1. The Kier molecular flexibility index (Phi) is 6.07. The van der Waals surface area contributed by atoms with E-state index >= 15 is 0 Å². The number of hydrogen-bond donors (Lipinski definition) is 1. The van der Waals surface area contributed by atoms with Crippen molar-refractivity contribution in [1.82, 2.24) is 19.7 Å². The fourth-order valence-corrected chi connectivity index (χ4v) is 5.99. The van der Waals surface area contributed by atoms with Crippen LogP contribution in [0, 0.1) is 11.3 Å². The lowest BCUT2D eigenvalue weighted by molar-refractivity contribution is -0.152. The fraction of sp³-hybridized carbons (Fsp3) is 0.462. The number of likely N-dealkylation sites (tertiary alicyclic amines) is 1. The van der Waals surface area contributed by atoms with Crippen molar-refractivity contribution in [1.29, 1.82) is 0 Å². The summed E-state index contributed by atoms with van der Waals surface area (Å²) in [6.07, 6.45) is 1.02. The maximum Gasteiger partial charge on any atom is 0.330 e. The van der Waals surface area contributed by atoms with Gasteiger partial charge in [-0.05, 0) is 30.0 Å². The second-order valence-corrected chi connectivity index (χ2v) is 9.95. The monoisotopic (exact) mass is 494 g/mol. The predicted octanol–water partition coefficient (Wildman–Crippen LogP) is 1.22. The van der Waals surface area contributed by atoms with Crippen LogP contribution >= 0.6 is 0 Å². The molecular formula is C26H30N4O6. The van der Waals surface area contributed by atoms with Gasteiger partial charge < -0.3 is 18.9 Å². The number of carbonyl (C=O) groups excluding carboxylic acids is 3. The van der Waals surface area contributed by atoms with Gasteiger partial charge in [0.15, 0.2) is 0 Å². The van der Waals surface area contributed by atoms with Crippen molar-refractivity contribution in [2.75, 3.05) is 40.9 Å². The minimum atomic E-state index is -1.52. The van der Waals surface area contributed by atoms with Gasteiger partial charge in [-0.15, -0.1) is 0 Å². The molecule has 36 heavy (non-hydrogen) atoms. The fourth-order valence-electron chi connectivity index (χ4n) is 5.99. The zero-order chi connectivity index (χ0) is 25.6. The van der Waals surface area contributed by atoms with Gasteiger partial charge in [0.2, 0.25) is 11.8 Å². The molecule has 0 spiro atoms. The molecule has 10 nitrogen and oxygen atoms in total. The van der Waals surface area contributed by atoms with Crippen LogP contribution in [0.3, 0.4) is 0 Å². The largest absolute Gasteiger partial charge is 0.497 e. The number of methoxy groups -OCH3 is 2. The number of amides is 4. The molecule has 0 aliphatic carbocycles. The van der Waals surface area contributed by atoms with Crippen molar-refractivity contribution in [3.8, 4) is 11.5 Å². The summed E-state index contributed by atoms with van der Waals surface area (Å²) in [6, 6.07) is 9.86. The van der Waals surface area contributed by atoms with E-state index in [1.54, 1.807) is 37.4 Å². The second-order valence-electron chi connectivity index (χ2n) is 9.95. The number of fused-ring (bicyclic) bond motifs is 4. The minimum absolute atomic E-state index is 0.000643. The summed E-state index contributed by atoms with van der Waals surface area (Å²) in [4.78, 5) is 54.9. The number of piperidine rings is 1. The summed E-state index contributed by atoms with van der Waals surface area (Å²) < 4.78 is 12.7. The zero-order valence-corrected chi connectivity index (χ0v) is 20.7. The molecule has 1 aromatic heterocycles. The van der Waals surface area contributed by atoms with Gasteiger partial charge in [-0.25, -0.2) is 4.79 Å². The number of imide groups is 2. The van der Waals surface area contributed by atoms with Gasteiger partial charge in [0.1, 0.15) is 16.9 Å². The lowest BCUT2D eigenvalue weighted by atomic mass is 9.75. The smallest absolute Gasteiger partial charge is 0.330 e. The number of nitrogens with zero attached hydrogens (tertiary/aromatic N) is 3. The maximum absolute atomic E-state index is 13.7. The predicted molar refractivity (Wildman–Crippen MR) is 130 cm³/mol. The molecule has 1 aromatic carbocycles. The third kappa shape index (κ3) is 3.95. The van der Waals surface area contributed by atoms with E-state index in [0.29, 0.717) is 36.7 Å². The van der Waals surface area contributed by atoms with Crippen molar-refractivity contribution < 1.29 is 23.9 Å². The van der Waals surface area contributed by atoms with E-state index in [-0.39, 0.29) is 30.4 Å². The van der Waals surface area contributed by atoms with Crippen molar-refractivity contribution in [2.24, 2.45) is 11.3 Å². The highest BCUT2D eigenvalue weighted by Crippen LogP contribution is 2.39. The van der Waals surface area contributed by atoms with Crippen LogP contribution in [0.15, 0.2) is 41.2 Å². The summed E-state index contributed by atoms with van der Waals surface area (Å²) in [5.41, 5.74) is 0.132. The van der Waals surface area contributed by atoms with Gasteiger partial charge in [-0.1, -0.05) is 12.1 Å². The summed E-state index contributed by atoms with van der Waals surface area (Å²) in [5.74, 6) is 0.291. The molecule has 3 atom stereocenters. The van der Waals surface area contributed by atoms with Gasteiger partial charge in [0.25, 0.3) is 5.56 Å². The molecule has 10 heteroatoms. The Balaban J connectivity index is 1.50. The molecule has 190 valence electrons. The number of carbonyl (C=O) groups is 3. The number of barbiturate groups is 1. The molecule has 2 aromatic rings. The van der Waals surface area contributed by atoms with Crippen LogP contribution in [0.4, 0.5) is 4.79 Å². The van der Waals surface area contributed by atoms with Crippen molar-refractivity contribution in [3.05, 3.63) is 58.0 Å². The number of benzene rings is 1. The van der Waals surface area contributed by atoms with E-state index in [4.69, 9.17) is 9.47 Å². The quantitative estimate of drug-likeness (QED) is 0.602. The summed E-state index contributed by atoms with van der Waals surface area (Å²) in [5, 5.41) is 2.38. The molecule has 1 N–H and O–H groups in total. The number of rotatable bonds is 6. The minimum Gasteiger partial charge on any atom is -0.497 e. The lowest BCUT2D eigenvalue weighted by Gasteiger charge is -2.47. The Bertz CT molecular complexity index is 1290. The van der Waals surface area contributed by atoms with Crippen LogP contribution in [0.25, 0.3) is 0 Å². The molecule has 0 unspecified atom stereocenters. The zero-order valence-electron chi connectivity index (χ0n) is 20.7. The lowest BCUT2D eigenvalue weighted by Crippen LogP contribution is -2.67. The van der Waals surface area contributed by atoms with E-state index in [1.807, 2.05) is 10.6 Å². The number of aromatic nitrogens is 1. The van der Waals surface area contributed by atoms with Crippen molar-refractivity contribution in [2.45, 2.75) is 25.3 Å². The highest BCUT2D eigenvalue weighted by molar-refractivity contribution is 6.19. The highest BCUT2D eigenvalue weighted by atomic mass is 16.5. The van der Waals surface area contributed by atoms with E-state index < -0.39 is 23.3 Å². The maximum atomic E-state index is 13.7. The number of nitrogens with one attached hydrogen (secondary N) is 1. The van der Waals surface area contributed by atoms with Crippen LogP contribution < -0.4 is 20.3 Å². The first kappa shape index (κ1) is 24.1.